The number of rotatable bonds is 3. The highest BCUT2D eigenvalue weighted by Crippen LogP contribution is 2.41. The van der Waals surface area contributed by atoms with E-state index in [0.717, 1.165) is 25.8 Å². The Kier molecular flexibility index (Phi) is 6.18. The van der Waals surface area contributed by atoms with Crippen LogP contribution >= 0.6 is 23.2 Å². The van der Waals surface area contributed by atoms with Crippen molar-refractivity contribution in [2.45, 2.75) is 44.9 Å². The van der Waals surface area contributed by atoms with Gasteiger partial charge in [-0.25, -0.2) is 0 Å². The fourth-order valence-electron chi connectivity index (χ4n) is 4.19. The average Bonchev–Trinajstić information content (AvgIpc) is 2.71. The number of piperidine rings is 1. The third kappa shape index (κ3) is 4.21. The number of aromatic hydroxyl groups is 1. The zero-order valence-corrected chi connectivity index (χ0v) is 18.6. The van der Waals surface area contributed by atoms with Gasteiger partial charge in [0.2, 0.25) is 11.2 Å². The Labute approximate surface area is 192 Å². The van der Waals surface area contributed by atoms with Crippen LogP contribution in [-0.4, -0.2) is 22.6 Å². The van der Waals surface area contributed by atoms with Gasteiger partial charge < -0.3 is 9.52 Å². The predicted octanol–water partition coefficient (Wildman–Crippen LogP) is 6.87. The maximum Gasteiger partial charge on any atom is 0.450 e. The summed E-state index contributed by atoms with van der Waals surface area (Å²) in [6.45, 7) is 2.94. The fourth-order valence-corrected chi connectivity index (χ4v) is 4.69. The van der Waals surface area contributed by atoms with Gasteiger partial charge in [-0.2, -0.15) is 13.2 Å². The van der Waals surface area contributed by atoms with Gasteiger partial charge in [-0.15, -0.1) is 0 Å². The van der Waals surface area contributed by atoms with E-state index in [0.29, 0.717) is 0 Å². The van der Waals surface area contributed by atoms with E-state index in [4.69, 9.17) is 27.6 Å². The lowest BCUT2D eigenvalue weighted by atomic mass is 9.99. The maximum atomic E-state index is 14.0. The molecule has 1 fully saturated rings. The van der Waals surface area contributed by atoms with Crippen LogP contribution in [0.2, 0.25) is 10.0 Å². The highest BCUT2D eigenvalue weighted by Gasteiger charge is 2.40. The molecule has 1 aliphatic heterocycles. The predicted molar refractivity (Wildman–Crippen MR) is 118 cm³/mol. The van der Waals surface area contributed by atoms with E-state index in [1.807, 2.05) is 6.92 Å². The van der Waals surface area contributed by atoms with Gasteiger partial charge in [-0.3, -0.25) is 9.69 Å². The van der Waals surface area contributed by atoms with Gasteiger partial charge in [-0.05, 0) is 50.6 Å². The topological polar surface area (TPSA) is 53.7 Å². The molecule has 1 atom stereocenters. The first-order chi connectivity index (χ1) is 15.1. The highest BCUT2D eigenvalue weighted by atomic mass is 35.5. The van der Waals surface area contributed by atoms with Gasteiger partial charge in [0.15, 0.2) is 0 Å². The maximum absolute atomic E-state index is 14.0. The lowest BCUT2D eigenvalue weighted by molar-refractivity contribution is -0.152. The zero-order chi connectivity index (χ0) is 23.2. The van der Waals surface area contributed by atoms with Crippen molar-refractivity contribution in [3.05, 3.63) is 61.9 Å². The van der Waals surface area contributed by atoms with Crippen LogP contribution in [0.15, 0.2) is 39.5 Å². The number of phenols is 1. The van der Waals surface area contributed by atoms with Crippen molar-refractivity contribution >= 4 is 34.2 Å². The number of benzene rings is 2. The fraction of sp³-hybridized carbons (Fsp3) is 0.348. The summed E-state index contributed by atoms with van der Waals surface area (Å²) in [7, 11) is 0. The third-order valence-electron chi connectivity index (χ3n) is 5.90. The monoisotopic (exact) mass is 485 g/mol. The van der Waals surface area contributed by atoms with E-state index in [-0.39, 0.29) is 50.5 Å². The summed E-state index contributed by atoms with van der Waals surface area (Å²) in [6, 6.07) is 6.65. The highest BCUT2D eigenvalue weighted by molar-refractivity contribution is 6.36. The van der Waals surface area contributed by atoms with Crippen LogP contribution in [0.4, 0.5) is 13.2 Å². The summed E-state index contributed by atoms with van der Waals surface area (Å²) in [5, 5.41) is 10.5. The SMILES string of the molecule is CC1CCCCN1Cc1c(O)ccc2c(=O)c(-c3ccc(Cl)cc3Cl)c(C(F)(F)F)oc12. The normalized spacial score (nSPS) is 17.8. The molecule has 0 amide bonds. The molecule has 0 bridgehead atoms. The lowest BCUT2D eigenvalue weighted by Crippen LogP contribution is -2.36. The second-order valence-electron chi connectivity index (χ2n) is 8.01. The second kappa shape index (κ2) is 8.61. The van der Waals surface area contributed by atoms with E-state index in [1.165, 1.54) is 30.3 Å². The average molecular weight is 486 g/mol. The zero-order valence-electron chi connectivity index (χ0n) is 17.1. The molecule has 9 heteroatoms. The molecule has 0 radical (unpaired) electrons. The van der Waals surface area contributed by atoms with E-state index in [2.05, 4.69) is 4.90 Å². The van der Waals surface area contributed by atoms with Crippen molar-refractivity contribution in [1.82, 2.24) is 4.90 Å². The van der Waals surface area contributed by atoms with Crippen LogP contribution in [-0.2, 0) is 12.7 Å². The molecule has 32 heavy (non-hydrogen) atoms. The number of hydrogen-bond acceptors (Lipinski definition) is 4. The van der Waals surface area contributed by atoms with Crippen molar-refractivity contribution in [3.63, 3.8) is 0 Å². The number of halogens is 5. The lowest BCUT2D eigenvalue weighted by Gasteiger charge is -2.33. The summed E-state index contributed by atoms with van der Waals surface area (Å²) in [5.41, 5.74) is -1.80. The van der Waals surface area contributed by atoms with Gasteiger partial charge in [-0.1, -0.05) is 35.7 Å². The van der Waals surface area contributed by atoms with E-state index >= 15 is 0 Å². The Bertz CT molecular complexity index is 1240. The second-order valence-corrected chi connectivity index (χ2v) is 8.86. The van der Waals surface area contributed by atoms with Crippen LogP contribution < -0.4 is 5.43 Å². The summed E-state index contributed by atoms with van der Waals surface area (Å²) < 4.78 is 47.5. The molecule has 1 aliphatic rings. The Morgan fingerprint density at radius 1 is 1.19 bits per heavy atom. The van der Waals surface area contributed by atoms with Crippen molar-refractivity contribution < 1.29 is 22.7 Å². The molecule has 2 heterocycles. The smallest absolute Gasteiger partial charge is 0.450 e. The summed E-state index contributed by atoms with van der Waals surface area (Å²) in [5.74, 6) is -1.68. The molecule has 4 rings (SSSR count). The molecular weight excluding hydrogens is 466 g/mol. The first kappa shape index (κ1) is 23.0. The molecule has 170 valence electrons. The Morgan fingerprint density at radius 2 is 1.94 bits per heavy atom. The molecule has 1 unspecified atom stereocenters. The molecule has 2 aromatic carbocycles. The molecular formula is C23H20Cl2F3NO3. The van der Waals surface area contributed by atoms with Crippen LogP contribution in [0.1, 0.15) is 37.5 Å². The number of likely N-dealkylation sites (tertiary alicyclic amines) is 1. The Morgan fingerprint density at radius 3 is 2.59 bits per heavy atom. The van der Waals surface area contributed by atoms with Crippen molar-refractivity contribution in [2.24, 2.45) is 0 Å². The minimum Gasteiger partial charge on any atom is -0.507 e. The molecule has 1 aromatic heterocycles. The van der Waals surface area contributed by atoms with Crippen LogP contribution in [0, 0.1) is 0 Å². The molecule has 3 aromatic rings. The Hall–Kier alpha value is -2.22. The van der Waals surface area contributed by atoms with E-state index in [1.54, 1.807) is 0 Å². The summed E-state index contributed by atoms with van der Waals surface area (Å²) in [6.07, 6.45) is -2.00. The van der Waals surface area contributed by atoms with Gasteiger partial charge in [0.1, 0.15) is 11.3 Å². The van der Waals surface area contributed by atoms with Crippen LogP contribution in [0.25, 0.3) is 22.1 Å². The molecule has 1 N–H and O–H groups in total. The summed E-state index contributed by atoms with van der Waals surface area (Å²) >= 11 is 12.0. The number of fused-ring (bicyclic) bond motifs is 1. The van der Waals surface area contributed by atoms with Gasteiger partial charge in [0, 0.05) is 23.2 Å². The first-order valence-corrected chi connectivity index (χ1v) is 10.9. The van der Waals surface area contributed by atoms with Gasteiger partial charge in [0.05, 0.1) is 21.5 Å². The molecule has 0 spiro atoms. The number of phenolic OH excluding ortho intramolecular Hbond substituents is 1. The van der Waals surface area contributed by atoms with E-state index < -0.39 is 22.9 Å². The Balaban J connectivity index is 1.99. The number of hydrogen-bond donors (Lipinski definition) is 1. The largest absolute Gasteiger partial charge is 0.507 e. The van der Waals surface area contributed by atoms with Crippen molar-refractivity contribution in [2.75, 3.05) is 6.54 Å². The van der Waals surface area contributed by atoms with Crippen LogP contribution in [0.5, 0.6) is 5.75 Å². The quantitative estimate of drug-likeness (QED) is 0.439. The number of alkyl halides is 3. The van der Waals surface area contributed by atoms with Crippen molar-refractivity contribution in [1.29, 1.82) is 0 Å². The minimum atomic E-state index is -4.97. The third-order valence-corrected chi connectivity index (χ3v) is 6.45. The summed E-state index contributed by atoms with van der Waals surface area (Å²) in [4.78, 5) is 15.4. The number of nitrogens with zero attached hydrogens (tertiary/aromatic N) is 1. The minimum absolute atomic E-state index is 0.0588. The van der Waals surface area contributed by atoms with Gasteiger partial charge in [0.25, 0.3) is 0 Å². The van der Waals surface area contributed by atoms with Crippen LogP contribution in [0.3, 0.4) is 0 Å². The molecule has 0 aliphatic carbocycles. The molecule has 1 saturated heterocycles. The molecule has 4 nitrogen and oxygen atoms in total. The van der Waals surface area contributed by atoms with Gasteiger partial charge >= 0.3 is 6.18 Å². The van der Waals surface area contributed by atoms with Crippen molar-refractivity contribution in [3.8, 4) is 16.9 Å². The van der Waals surface area contributed by atoms with E-state index in [9.17, 15) is 23.1 Å². The first-order valence-electron chi connectivity index (χ1n) is 10.2. The molecule has 0 saturated carbocycles. The standard InChI is InChI=1S/C23H20Cl2F3NO3/c1-12-4-2-3-9-29(12)11-16-18(30)8-7-15-20(31)19(14-6-5-13(24)10-17(14)25)22(23(26,27)28)32-21(15)16/h5-8,10,12,30H,2-4,9,11H2,1H3.